The van der Waals surface area contributed by atoms with Crippen LogP contribution >= 0.6 is 11.3 Å². The Bertz CT molecular complexity index is 1000. The first-order valence-corrected chi connectivity index (χ1v) is 8.84. The fraction of sp³-hybridized carbons (Fsp3) is 0.278. The average Bonchev–Trinajstić information content (AvgIpc) is 3.22. The molecule has 0 aliphatic rings. The zero-order valence-electron chi connectivity index (χ0n) is 15.4. The first-order chi connectivity index (χ1) is 12.8. The van der Waals surface area contributed by atoms with E-state index in [4.69, 9.17) is 0 Å². The van der Waals surface area contributed by atoms with Crippen LogP contribution < -0.4 is 5.32 Å². The molecule has 2 aromatic rings. The van der Waals surface area contributed by atoms with E-state index in [0.29, 0.717) is 22.5 Å². The molecule has 2 amide bonds. The molecule has 0 aliphatic heterocycles. The van der Waals surface area contributed by atoms with E-state index in [-0.39, 0.29) is 22.0 Å². The first kappa shape index (κ1) is 19.9. The molecule has 0 aromatic carbocycles. The number of aromatic nitrogens is 2. The van der Waals surface area contributed by atoms with Crippen LogP contribution in [0.5, 0.6) is 0 Å². The fourth-order valence-corrected chi connectivity index (χ4v) is 3.43. The predicted octanol–water partition coefficient (Wildman–Crippen LogP) is 2.39. The number of thiophene rings is 1. The van der Waals surface area contributed by atoms with E-state index in [2.05, 4.69) is 10.4 Å². The standard InChI is InChI=1S/C18H18N6O2S/c1-5-24-10-12(9-21-24)6-13(7-19)16(25)22-17-14(8-20)11(2)15(27-17)18(26)23(3)4/h6,9-10H,5H2,1-4H3,(H,22,25). The zero-order valence-corrected chi connectivity index (χ0v) is 16.2. The van der Waals surface area contributed by atoms with Crippen molar-refractivity contribution in [2.24, 2.45) is 0 Å². The van der Waals surface area contributed by atoms with Crippen LogP contribution in [0.2, 0.25) is 0 Å². The van der Waals surface area contributed by atoms with Crippen LogP contribution in [0.1, 0.15) is 33.3 Å². The number of rotatable bonds is 5. The summed E-state index contributed by atoms with van der Waals surface area (Å²) in [6.45, 7) is 4.25. The van der Waals surface area contributed by atoms with Crippen LogP contribution in [0.3, 0.4) is 0 Å². The van der Waals surface area contributed by atoms with Gasteiger partial charge in [-0.25, -0.2) is 0 Å². The normalized spacial score (nSPS) is 10.8. The minimum atomic E-state index is -0.650. The molecule has 27 heavy (non-hydrogen) atoms. The maximum Gasteiger partial charge on any atom is 0.266 e. The fourth-order valence-electron chi connectivity index (χ4n) is 2.26. The average molecular weight is 382 g/mol. The van der Waals surface area contributed by atoms with E-state index in [9.17, 15) is 20.1 Å². The van der Waals surface area contributed by atoms with Gasteiger partial charge >= 0.3 is 0 Å². The van der Waals surface area contributed by atoms with E-state index in [0.717, 1.165) is 11.3 Å². The number of nitrogens with zero attached hydrogens (tertiary/aromatic N) is 5. The van der Waals surface area contributed by atoms with Gasteiger partial charge in [-0.2, -0.15) is 15.6 Å². The molecule has 8 nitrogen and oxygen atoms in total. The molecule has 0 radical (unpaired) electrons. The van der Waals surface area contributed by atoms with Crippen molar-refractivity contribution in [1.29, 1.82) is 10.5 Å². The zero-order chi connectivity index (χ0) is 20.1. The highest BCUT2D eigenvalue weighted by Gasteiger charge is 2.23. The minimum Gasteiger partial charge on any atom is -0.344 e. The van der Waals surface area contributed by atoms with E-state index in [1.54, 1.807) is 38.1 Å². The van der Waals surface area contributed by atoms with Crippen molar-refractivity contribution in [3.8, 4) is 12.1 Å². The number of nitriles is 2. The van der Waals surface area contributed by atoms with Crippen LogP contribution in [0.15, 0.2) is 18.0 Å². The number of hydrogen-bond acceptors (Lipinski definition) is 6. The van der Waals surface area contributed by atoms with Gasteiger partial charge in [0.1, 0.15) is 22.7 Å². The molecule has 0 aliphatic carbocycles. The molecular formula is C18H18N6O2S. The lowest BCUT2D eigenvalue weighted by atomic mass is 10.1. The highest BCUT2D eigenvalue weighted by Crippen LogP contribution is 2.33. The Morgan fingerprint density at radius 2 is 2.11 bits per heavy atom. The highest BCUT2D eigenvalue weighted by atomic mass is 32.1. The molecule has 0 fully saturated rings. The molecule has 2 heterocycles. The summed E-state index contributed by atoms with van der Waals surface area (Å²) in [5.41, 5.74) is 1.22. The molecule has 0 atom stereocenters. The second-order valence-corrected chi connectivity index (χ2v) is 6.85. The lowest BCUT2D eigenvalue weighted by Gasteiger charge is -2.08. The van der Waals surface area contributed by atoms with Gasteiger partial charge in [-0.3, -0.25) is 14.3 Å². The molecule has 2 aromatic heterocycles. The third-order valence-electron chi connectivity index (χ3n) is 3.74. The molecular weight excluding hydrogens is 364 g/mol. The smallest absolute Gasteiger partial charge is 0.266 e. The van der Waals surface area contributed by atoms with Gasteiger partial charge in [0.25, 0.3) is 11.8 Å². The number of aryl methyl sites for hydroxylation is 1. The Labute approximate surface area is 160 Å². The molecule has 1 N–H and O–H groups in total. The van der Waals surface area contributed by atoms with Crippen LogP contribution in [-0.2, 0) is 11.3 Å². The third kappa shape index (κ3) is 4.22. The van der Waals surface area contributed by atoms with Crippen molar-refractivity contribution < 1.29 is 9.59 Å². The Hall–Kier alpha value is -3.43. The maximum atomic E-state index is 12.5. The van der Waals surface area contributed by atoms with Crippen molar-refractivity contribution in [2.75, 3.05) is 19.4 Å². The van der Waals surface area contributed by atoms with Crippen LogP contribution in [0, 0.1) is 29.6 Å². The van der Waals surface area contributed by atoms with Crippen molar-refractivity contribution in [2.45, 2.75) is 20.4 Å². The van der Waals surface area contributed by atoms with Gasteiger partial charge in [-0.05, 0) is 25.5 Å². The lowest BCUT2D eigenvalue weighted by Crippen LogP contribution is -2.21. The summed E-state index contributed by atoms with van der Waals surface area (Å²) in [5.74, 6) is -0.902. The van der Waals surface area contributed by atoms with Gasteiger partial charge < -0.3 is 10.2 Å². The van der Waals surface area contributed by atoms with Gasteiger partial charge in [0.2, 0.25) is 0 Å². The Kier molecular flexibility index (Phi) is 6.11. The molecule has 0 spiro atoms. The van der Waals surface area contributed by atoms with Crippen molar-refractivity contribution >= 4 is 34.2 Å². The van der Waals surface area contributed by atoms with Crippen molar-refractivity contribution in [3.63, 3.8) is 0 Å². The van der Waals surface area contributed by atoms with Gasteiger partial charge in [-0.15, -0.1) is 11.3 Å². The van der Waals surface area contributed by atoms with Gasteiger partial charge in [0, 0.05) is 32.4 Å². The molecule has 0 saturated carbocycles. The molecule has 0 bridgehead atoms. The number of anilines is 1. The highest BCUT2D eigenvalue weighted by molar-refractivity contribution is 7.18. The molecule has 2 rings (SSSR count). The molecule has 0 saturated heterocycles. The number of nitrogens with one attached hydrogen (secondary N) is 1. The summed E-state index contributed by atoms with van der Waals surface area (Å²) >= 11 is 1.02. The summed E-state index contributed by atoms with van der Waals surface area (Å²) in [6, 6.07) is 3.87. The number of carbonyl (C=O) groups excluding carboxylic acids is 2. The second kappa shape index (κ2) is 8.30. The summed E-state index contributed by atoms with van der Waals surface area (Å²) in [5, 5.41) is 25.6. The van der Waals surface area contributed by atoms with Crippen molar-refractivity contribution in [3.05, 3.63) is 39.5 Å². The summed E-state index contributed by atoms with van der Waals surface area (Å²) in [4.78, 5) is 26.5. The van der Waals surface area contributed by atoms with Crippen LogP contribution in [0.4, 0.5) is 5.00 Å². The Morgan fingerprint density at radius 3 is 2.63 bits per heavy atom. The van der Waals surface area contributed by atoms with E-state index < -0.39 is 5.91 Å². The summed E-state index contributed by atoms with van der Waals surface area (Å²) in [6.07, 6.45) is 4.69. The minimum absolute atomic E-state index is 0.124. The summed E-state index contributed by atoms with van der Waals surface area (Å²) < 4.78 is 1.67. The lowest BCUT2D eigenvalue weighted by molar-refractivity contribution is -0.112. The number of hydrogen-bond donors (Lipinski definition) is 1. The van der Waals surface area contributed by atoms with Gasteiger partial charge in [0.05, 0.1) is 16.6 Å². The topological polar surface area (TPSA) is 115 Å². The third-order valence-corrected chi connectivity index (χ3v) is 4.93. The van der Waals surface area contributed by atoms with Crippen molar-refractivity contribution in [1.82, 2.24) is 14.7 Å². The number of amides is 2. The van der Waals surface area contributed by atoms with E-state index in [1.807, 2.05) is 19.1 Å². The van der Waals surface area contributed by atoms with Crippen LogP contribution in [0.25, 0.3) is 6.08 Å². The quantitative estimate of drug-likeness (QED) is 0.630. The van der Waals surface area contributed by atoms with E-state index >= 15 is 0 Å². The monoisotopic (exact) mass is 382 g/mol. The van der Waals surface area contributed by atoms with Crippen LogP contribution in [-0.4, -0.2) is 40.6 Å². The largest absolute Gasteiger partial charge is 0.344 e. The maximum absolute atomic E-state index is 12.5. The molecule has 9 heteroatoms. The summed E-state index contributed by atoms with van der Waals surface area (Å²) in [7, 11) is 3.22. The number of carbonyl (C=O) groups is 2. The second-order valence-electron chi connectivity index (χ2n) is 5.82. The Balaban J connectivity index is 2.33. The molecule has 138 valence electrons. The van der Waals surface area contributed by atoms with Gasteiger partial charge in [-0.1, -0.05) is 0 Å². The van der Waals surface area contributed by atoms with Gasteiger partial charge in [0.15, 0.2) is 0 Å². The predicted molar refractivity (Wildman–Crippen MR) is 102 cm³/mol. The molecule has 0 unspecified atom stereocenters. The Morgan fingerprint density at radius 1 is 1.41 bits per heavy atom. The van der Waals surface area contributed by atoms with E-state index in [1.165, 1.54) is 11.0 Å². The SMILES string of the molecule is CCn1cc(C=C(C#N)C(=O)Nc2sc(C(=O)N(C)C)c(C)c2C#N)cn1. The first-order valence-electron chi connectivity index (χ1n) is 8.03.